The maximum absolute atomic E-state index is 12.0. The molecule has 0 aliphatic heterocycles. The van der Waals surface area contributed by atoms with Crippen LogP contribution in [0.15, 0.2) is 77.3 Å². The highest BCUT2D eigenvalue weighted by Gasteiger charge is 2.06. The number of nitrogens with one attached hydrogen (secondary N) is 2. The molecule has 29 heavy (non-hydrogen) atoms. The van der Waals surface area contributed by atoms with Crippen molar-refractivity contribution in [3.05, 3.63) is 99.5 Å². The highest BCUT2D eigenvalue weighted by atomic mass is 79.9. The van der Waals surface area contributed by atoms with E-state index < -0.39 is 0 Å². The van der Waals surface area contributed by atoms with Crippen molar-refractivity contribution in [2.24, 2.45) is 0 Å². The van der Waals surface area contributed by atoms with Gasteiger partial charge in [0.1, 0.15) is 12.4 Å². The lowest BCUT2D eigenvalue weighted by Crippen LogP contribution is -2.23. The first kappa shape index (κ1) is 21.1. The Hall–Kier alpha value is -2.63. The van der Waals surface area contributed by atoms with Gasteiger partial charge >= 0.3 is 0 Å². The second-order valence-electron chi connectivity index (χ2n) is 6.70. The first-order valence-electron chi connectivity index (χ1n) is 9.68. The van der Waals surface area contributed by atoms with Crippen LogP contribution in [0.25, 0.3) is 0 Å². The second-order valence-corrected chi connectivity index (χ2v) is 7.56. The first-order chi connectivity index (χ1) is 14.2. The zero-order chi connectivity index (χ0) is 20.5. The van der Waals surface area contributed by atoms with Crippen LogP contribution in [0.2, 0.25) is 0 Å². The van der Waals surface area contributed by atoms with Crippen molar-refractivity contribution in [3.63, 3.8) is 0 Å². The Balaban J connectivity index is 1.52. The van der Waals surface area contributed by atoms with Gasteiger partial charge in [-0.2, -0.15) is 0 Å². The minimum atomic E-state index is -0.0376. The van der Waals surface area contributed by atoms with E-state index >= 15 is 0 Å². The van der Waals surface area contributed by atoms with Crippen LogP contribution in [-0.4, -0.2) is 12.5 Å². The summed E-state index contributed by atoms with van der Waals surface area (Å²) in [5, 5.41) is 6.25. The van der Waals surface area contributed by atoms with Crippen molar-refractivity contribution in [2.75, 3.05) is 6.54 Å². The van der Waals surface area contributed by atoms with Crippen LogP contribution in [0.4, 0.5) is 0 Å². The molecule has 4 nitrogen and oxygen atoms in total. The molecule has 0 heterocycles. The van der Waals surface area contributed by atoms with Crippen molar-refractivity contribution in [2.45, 2.75) is 26.6 Å². The molecule has 150 valence electrons. The van der Waals surface area contributed by atoms with E-state index in [1.807, 2.05) is 67.6 Å². The van der Waals surface area contributed by atoms with Crippen LogP contribution in [-0.2, 0) is 19.7 Å². The molecule has 2 N–H and O–H groups in total. The molecule has 3 rings (SSSR count). The molecule has 0 spiro atoms. The summed E-state index contributed by atoms with van der Waals surface area (Å²) in [6.07, 6.45) is 0. The van der Waals surface area contributed by atoms with Crippen LogP contribution in [0.3, 0.4) is 0 Å². The molecule has 0 aliphatic rings. The van der Waals surface area contributed by atoms with Crippen molar-refractivity contribution in [3.8, 4) is 5.75 Å². The molecule has 0 fully saturated rings. The van der Waals surface area contributed by atoms with Gasteiger partial charge in [0.25, 0.3) is 5.91 Å². The van der Waals surface area contributed by atoms with Gasteiger partial charge in [0, 0.05) is 25.2 Å². The molecule has 0 bridgehead atoms. The van der Waals surface area contributed by atoms with Gasteiger partial charge in [-0.05, 0) is 63.8 Å². The van der Waals surface area contributed by atoms with E-state index in [0.717, 1.165) is 33.5 Å². The number of hydrogen-bond donors (Lipinski definition) is 2. The normalized spacial score (nSPS) is 10.6. The Labute approximate surface area is 180 Å². The number of carbonyl (C=O) groups excluding carboxylic acids is 1. The second kappa shape index (κ2) is 10.8. The Morgan fingerprint density at radius 3 is 2.34 bits per heavy atom. The number of amides is 1. The lowest BCUT2D eigenvalue weighted by atomic mass is 10.1. The monoisotopic (exact) mass is 452 g/mol. The average Bonchev–Trinajstić information content (AvgIpc) is 2.74. The summed E-state index contributed by atoms with van der Waals surface area (Å²) in [6.45, 7) is 4.50. The highest BCUT2D eigenvalue weighted by Crippen LogP contribution is 2.27. The summed E-state index contributed by atoms with van der Waals surface area (Å²) < 4.78 is 6.84. The lowest BCUT2D eigenvalue weighted by molar-refractivity contribution is 0.0955. The predicted molar refractivity (Wildman–Crippen MR) is 120 cm³/mol. The van der Waals surface area contributed by atoms with E-state index in [2.05, 4.69) is 38.7 Å². The number of halogens is 1. The van der Waals surface area contributed by atoms with Crippen molar-refractivity contribution in [1.29, 1.82) is 0 Å². The largest absolute Gasteiger partial charge is 0.488 e. The summed E-state index contributed by atoms with van der Waals surface area (Å²) in [5.74, 6) is 0.789. The van der Waals surface area contributed by atoms with Gasteiger partial charge < -0.3 is 15.4 Å². The maximum Gasteiger partial charge on any atom is 0.251 e. The minimum absolute atomic E-state index is 0.0376. The van der Waals surface area contributed by atoms with Gasteiger partial charge in [0.2, 0.25) is 0 Å². The maximum atomic E-state index is 12.0. The first-order valence-corrected chi connectivity index (χ1v) is 10.5. The smallest absolute Gasteiger partial charge is 0.251 e. The van der Waals surface area contributed by atoms with Crippen LogP contribution >= 0.6 is 15.9 Å². The van der Waals surface area contributed by atoms with Gasteiger partial charge in [-0.25, -0.2) is 0 Å². The summed E-state index contributed by atoms with van der Waals surface area (Å²) in [5.41, 5.74) is 4.06. The molecule has 0 aromatic heterocycles. The standard InChI is InChI=1S/C24H25BrN2O2/c1-2-27-24(28)21-10-6-9-19(13-21)15-26-16-20-11-12-23(22(25)14-20)29-17-18-7-4-3-5-8-18/h3-14,26H,2,15-17H2,1H3,(H,27,28). The van der Waals surface area contributed by atoms with Gasteiger partial charge in [-0.3, -0.25) is 4.79 Å². The van der Waals surface area contributed by atoms with Crippen LogP contribution in [0.1, 0.15) is 34.0 Å². The summed E-state index contributed by atoms with van der Waals surface area (Å²) in [6, 6.07) is 23.9. The zero-order valence-corrected chi connectivity index (χ0v) is 18.0. The van der Waals surface area contributed by atoms with Gasteiger partial charge in [0.05, 0.1) is 4.47 Å². The van der Waals surface area contributed by atoms with E-state index in [1.54, 1.807) is 0 Å². The van der Waals surface area contributed by atoms with Crippen LogP contribution in [0.5, 0.6) is 5.75 Å². The lowest BCUT2D eigenvalue weighted by Gasteiger charge is -2.11. The Morgan fingerprint density at radius 2 is 1.62 bits per heavy atom. The number of carbonyl (C=O) groups is 1. The van der Waals surface area contributed by atoms with Crippen molar-refractivity contribution < 1.29 is 9.53 Å². The third-order valence-corrected chi connectivity index (χ3v) is 5.04. The molecule has 0 radical (unpaired) electrons. The summed E-state index contributed by atoms with van der Waals surface area (Å²) in [4.78, 5) is 12.0. The van der Waals surface area contributed by atoms with Crippen molar-refractivity contribution in [1.82, 2.24) is 10.6 Å². The molecule has 5 heteroatoms. The van der Waals surface area contributed by atoms with Gasteiger partial charge in [-0.1, -0.05) is 48.5 Å². The Bertz CT molecular complexity index is 945. The summed E-state index contributed by atoms with van der Waals surface area (Å²) >= 11 is 3.60. The van der Waals surface area contributed by atoms with E-state index in [9.17, 15) is 4.79 Å². The highest BCUT2D eigenvalue weighted by molar-refractivity contribution is 9.10. The fraction of sp³-hybridized carbons (Fsp3) is 0.208. The van der Waals surface area contributed by atoms with Crippen molar-refractivity contribution >= 4 is 21.8 Å². The molecule has 0 saturated heterocycles. The molecule has 3 aromatic rings. The topological polar surface area (TPSA) is 50.4 Å². The predicted octanol–water partition coefficient (Wildman–Crippen LogP) is 5.07. The fourth-order valence-corrected chi connectivity index (χ4v) is 3.48. The Kier molecular flexibility index (Phi) is 7.85. The average molecular weight is 453 g/mol. The van der Waals surface area contributed by atoms with Gasteiger partial charge in [-0.15, -0.1) is 0 Å². The number of rotatable bonds is 9. The summed E-state index contributed by atoms with van der Waals surface area (Å²) in [7, 11) is 0. The molecule has 3 aromatic carbocycles. The Morgan fingerprint density at radius 1 is 0.897 bits per heavy atom. The fourth-order valence-electron chi connectivity index (χ4n) is 2.94. The van der Waals surface area contributed by atoms with Crippen LogP contribution in [0, 0.1) is 0 Å². The van der Waals surface area contributed by atoms with Crippen LogP contribution < -0.4 is 15.4 Å². The zero-order valence-electron chi connectivity index (χ0n) is 16.5. The molecular weight excluding hydrogens is 428 g/mol. The van der Waals surface area contributed by atoms with E-state index in [4.69, 9.17) is 4.74 Å². The molecule has 0 aliphatic carbocycles. The molecule has 0 saturated carbocycles. The third-order valence-electron chi connectivity index (χ3n) is 4.42. The molecule has 0 atom stereocenters. The number of ether oxygens (including phenoxy) is 1. The molecule has 1 amide bonds. The minimum Gasteiger partial charge on any atom is -0.488 e. The third kappa shape index (κ3) is 6.44. The van der Waals surface area contributed by atoms with Gasteiger partial charge in [0.15, 0.2) is 0 Å². The number of benzene rings is 3. The molecular formula is C24H25BrN2O2. The van der Waals surface area contributed by atoms with E-state index in [1.165, 1.54) is 0 Å². The van der Waals surface area contributed by atoms with E-state index in [-0.39, 0.29) is 5.91 Å². The van der Waals surface area contributed by atoms with E-state index in [0.29, 0.717) is 25.3 Å². The molecule has 0 unspecified atom stereocenters. The SMILES string of the molecule is CCNC(=O)c1cccc(CNCc2ccc(OCc3ccccc3)c(Br)c2)c1. The number of hydrogen-bond acceptors (Lipinski definition) is 3. The quantitative estimate of drug-likeness (QED) is 0.476.